The Morgan fingerprint density at radius 1 is 1.04 bits per heavy atom. The molecular formula is C22H30N4O. The van der Waals surface area contributed by atoms with E-state index in [1.807, 2.05) is 16.8 Å². The van der Waals surface area contributed by atoms with Crippen LogP contribution in [0.1, 0.15) is 43.4 Å². The molecule has 0 bridgehead atoms. The minimum absolute atomic E-state index is 0.0638. The van der Waals surface area contributed by atoms with Gasteiger partial charge in [0.2, 0.25) is 0 Å². The summed E-state index contributed by atoms with van der Waals surface area (Å²) >= 11 is 0. The number of hydrogen-bond acceptors (Lipinski definition) is 3. The molecule has 0 N–H and O–H groups in total. The molecule has 0 fully saturated rings. The molecule has 2 heterocycles. The number of fused-ring (bicyclic) bond motifs is 1. The average Bonchev–Trinajstić information content (AvgIpc) is 3.02. The molecule has 0 spiro atoms. The van der Waals surface area contributed by atoms with Gasteiger partial charge in [0.15, 0.2) is 5.82 Å². The monoisotopic (exact) mass is 366 g/mol. The summed E-state index contributed by atoms with van der Waals surface area (Å²) in [5.41, 5.74) is 5.30. The lowest BCUT2D eigenvalue weighted by Gasteiger charge is -2.24. The second-order valence-electron chi connectivity index (χ2n) is 7.43. The van der Waals surface area contributed by atoms with E-state index in [1.54, 1.807) is 7.05 Å². The van der Waals surface area contributed by atoms with Crippen LogP contribution in [0.15, 0.2) is 29.2 Å². The molecule has 0 aliphatic rings. The molecule has 5 nitrogen and oxygen atoms in total. The molecule has 0 unspecified atom stereocenters. The van der Waals surface area contributed by atoms with Gasteiger partial charge in [-0.25, -0.2) is 4.68 Å². The Hall–Kier alpha value is -2.56. The lowest BCUT2D eigenvalue weighted by Crippen LogP contribution is -2.30. The minimum atomic E-state index is -0.0638. The van der Waals surface area contributed by atoms with Crippen LogP contribution in [-0.2, 0) is 7.05 Å². The number of nitrogens with zero attached hydrogens (tertiary/aromatic N) is 4. The maximum Gasteiger partial charge on any atom is 0.291 e. The van der Waals surface area contributed by atoms with Crippen molar-refractivity contribution in [1.82, 2.24) is 14.3 Å². The maximum atomic E-state index is 13.0. The summed E-state index contributed by atoms with van der Waals surface area (Å²) < 4.78 is 3.52. The summed E-state index contributed by atoms with van der Waals surface area (Å²) in [4.78, 5) is 15.3. The average molecular weight is 367 g/mol. The zero-order valence-corrected chi connectivity index (χ0v) is 17.3. The fourth-order valence-electron chi connectivity index (χ4n) is 4.06. The van der Waals surface area contributed by atoms with E-state index >= 15 is 0 Å². The van der Waals surface area contributed by atoms with Crippen molar-refractivity contribution in [3.8, 4) is 5.69 Å². The van der Waals surface area contributed by atoms with Crippen molar-refractivity contribution in [1.29, 1.82) is 0 Å². The van der Waals surface area contributed by atoms with Gasteiger partial charge in [-0.3, -0.25) is 4.79 Å². The second kappa shape index (κ2) is 7.59. The molecule has 3 rings (SSSR count). The molecule has 144 valence electrons. The molecule has 0 saturated carbocycles. The molecule has 0 radical (unpaired) electrons. The van der Waals surface area contributed by atoms with E-state index in [9.17, 15) is 4.79 Å². The molecular weight excluding hydrogens is 336 g/mol. The minimum Gasteiger partial charge on any atom is -0.355 e. The highest BCUT2D eigenvalue weighted by atomic mass is 16.1. The highest BCUT2D eigenvalue weighted by Crippen LogP contribution is 2.29. The zero-order valence-electron chi connectivity index (χ0n) is 17.3. The quantitative estimate of drug-likeness (QED) is 0.654. The van der Waals surface area contributed by atoms with Crippen molar-refractivity contribution in [2.75, 3.05) is 18.0 Å². The molecule has 0 atom stereocenters. The number of aryl methyl sites for hydroxylation is 4. The first kappa shape index (κ1) is 19.2. The van der Waals surface area contributed by atoms with Gasteiger partial charge in [0.25, 0.3) is 5.56 Å². The van der Waals surface area contributed by atoms with Gasteiger partial charge >= 0.3 is 0 Å². The molecule has 1 aromatic carbocycles. The van der Waals surface area contributed by atoms with E-state index in [4.69, 9.17) is 0 Å². The highest BCUT2D eigenvalue weighted by Gasteiger charge is 2.19. The number of aromatic nitrogens is 3. The van der Waals surface area contributed by atoms with Crippen molar-refractivity contribution in [2.45, 2.75) is 47.5 Å². The third kappa shape index (κ3) is 3.38. The summed E-state index contributed by atoms with van der Waals surface area (Å²) in [7, 11) is 1.74. The molecule has 0 aliphatic heterocycles. The van der Waals surface area contributed by atoms with Crippen molar-refractivity contribution in [3.05, 3.63) is 51.4 Å². The topological polar surface area (TPSA) is 43.1 Å². The molecule has 0 saturated heterocycles. The molecule has 2 aromatic heterocycles. The van der Waals surface area contributed by atoms with Crippen LogP contribution in [0.3, 0.4) is 0 Å². The Morgan fingerprint density at radius 3 is 2.19 bits per heavy atom. The molecule has 0 aliphatic carbocycles. The van der Waals surface area contributed by atoms with Gasteiger partial charge in [-0.1, -0.05) is 31.5 Å². The largest absolute Gasteiger partial charge is 0.355 e. The van der Waals surface area contributed by atoms with Gasteiger partial charge in [0.1, 0.15) is 5.52 Å². The summed E-state index contributed by atoms with van der Waals surface area (Å²) in [5, 5.41) is 5.55. The van der Waals surface area contributed by atoms with Crippen LogP contribution in [0.25, 0.3) is 16.6 Å². The van der Waals surface area contributed by atoms with Crippen LogP contribution in [-0.4, -0.2) is 27.4 Å². The van der Waals surface area contributed by atoms with Gasteiger partial charge in [-0.2, -0.15) is 5.10 Å². The Balaban J connectivity index is 2.32. The van der Waals surface area contributed by atoms with E-state index in [-0.39, 0.29) is 5.56 Å². The van der Waals surface area contributed by atoms with Gasteiger partial charge < -0.3 is 9.47 Å². The third-order valence-electron chi connectivity index (χ3n) is 5.03. The van der Waals surface area contributed by atoms with Crippen LogP contribution < -0.4 is 10.5 Å². The van der Waals surface area contributed by atoms with E-state index in [0.717, 1.165) is 42.8 Å². The predicted molar refractivity (Wildman–Crippen MR) is 113 cm³/mol. The Morgan fingerprint density at radius 2 is 1.63 bits per heavy atom. The normalized spacial score (nSPS) is 11.3. The first-order valence-electron chi connectivity index (χ1n) is 9.80. The number of rotatable bonds is 6. The summed E-state index contributed by atoms with van der Waals surface area (Å²) in [5.74, 6) is 0.900. The fourth-order valence-corrected chi connectivity index (χ4v) is 4.06. The lowest BCUT2D eigenvalue weighted by molar-refractivity contribution is 0.674. The molecule has 3 aromatic rings. The van der Waals surface area contributed by atoms with Gasteiger partial charge in [-0.15, -0.1) is 0 Å². The van der Waals surface area contributed by atoms with Crippen molar-refractivity contribution in [3.63, 3.8) is 0 Å². The SMILES string of the molecule is CCCN(CCC)c1nn(C)c(=O)c2c1ccn2-c1c(C)cc(C)cc1C. The van der Waals surface area contributed by atoms with Gasteiger partial charge in [0, 0.05) is 26.3 Å². The standard InChI is InChI=1S/C22H30N4O/c1-7-10-25(11-8-2)21-18-9-12-26(20(18)22(27)24(6)23-21)19-16(4)13-15(3)14-17(19)5/h9,12-14H,7-8,10-11H2,1-6H3. The number of anilines is 1. The number of hydrogen-bond donors (Lipinski definition) is 0. The summed E-state index contributed by atoms with van der Waals surface area (Å²) in [6.07, 6.45) is 4.10. The number of benzene rings is 1. The smallest absolute Gasteiger partial charge is 0.291 e. The van der Waals surface area contributed by atoms with Crippen LogP contribution in [0.5, 0.6) is 0 Å². The predicted octanol–water partition coefficient (Wildman–Crippen LogP) is 4.28. The van der Waals surface area contributed by atoms with Gasteiger partial charge in [0.05, 0.1) is 11.1 Å². The van der Waals surface area contributed by atoms with Crippen LogP contribution >= 0.6 is 0 Å². The Labute approximate surface area is 161 Å². The Kier molecular flexibility index (Phi) is 5.40. The van der Waals surface area contributed by atoms with Crippen molar-refractivity contribution < 1.29 is 0 Å². The first-order chi connectivity index (χ1) is 12.9. The Bertz CT molecular complexity index is 1000. The summed E-state index contributed by atoms with van der Waals surface area (Å²) in [6.45, 7) is 12.5. The molecule has 0 amide bonds. The van der Waals surface area contributed by atoms with E-state index in [0.29, 0.717) is 5.52 Å². The van der Waals surface area contributed by atoms with E-state index in [2.05, 4.69) is 56.8 Å². The van der Waals surface area contributed by atoms with Crippen LogP contribution in [0.4, 0.5) is 5.82 Å². The van der Waals surface area contributed by atoms with Gasteiger partial charge in [-0.05, 0) is 50.8 Å². The first-order valence-corrected chi connectivity index (χ1v) is 9.80. The summed E-state index contributed by atoms with van der Waals surface area (Å²) in [6, 6.07) is 6.37. The van der Waals surface area contributed by atoms with E-state index < -0.39 is 0 Å². The zero-order chi connectivity index (χ0) is 19.7. The molecule has 5 heteroatoms. The lowest BCUT2D eigenvalue weighted by atomic mass is 10.0. The maximum absolute atomic E-state index is 13.0. The molecule has 27 heavy (non-hydrogen) atoms. The van der Waals surface area contributed by atoms with Crippen LogP contribution in [0, 0.1) is 20.8 Å². The highest BCUT2D eigenvalue weighted by molar-refractivity contribution is 5.91. The second-order valence-corrected chi connectivity index (χ2v) is 7.43. The van der Waals surface area contributed by atoms with E-state index in [1.165, 1.54) is 21.4 Å². The fraction of sp³-hybridized carbons (Fsp3) is 0.455. The third-order valence-corrected chi connectivity index (χ3v) is 5.03. The van der Waals surface area contributed by atoms with Crippen molar-refractivity contribution >= 4 is 16.7 Å². The van der Waals surface area contributed by atoms with Crippen LogP contribution in [0.2, 0.25) is 0 Å². The van der Waals surface area contributed by atoms with Crippen molar-refractivity contribution in [2.24, 2.45) is 7.05 Å².